The first kappa shape index (κ1) is 11.1. The summed E-state index contributed by atoms with van der Waals surface area (Å²) in [6.07, 6.45) is 0. The lowest BCUT2D eigenvalue weighted by Gasteiger charge is -2.22. The Morgan fingerprint density at radius 2 is 1.81 bits per heavy atom. The second kappa shape index (κ2) is 4.24. The molecule has 1 aromatic carbocycles. The maximum absolute atomic E-state index is 5.53. The molecule has 1 aliphatic heterocycles. The molecule has 0 aliphatic carbocycles. The van der Waals surface area contributed by atoms with E-state index in [1.807, 2.05) is 18.2 Å². The number of anilines is 1. The molecule has 0 saturated carbocycles. The van der Waals surface area contributed by atoms with E-state index in [9.17, 15) is 0 Å². The number of rotatable bonds is 2. The normalized spacial score (nSPS) is 14.7. The van der Waals surface area contributed by atoms with Gasteiger partial charge in [-0.05, 0) is 17.5 Å². The zero-order chi connectivity index (χ0) is 11.6. The third kappa shape index (κ3) is 2.81. The molecule has 1 N–H and O–H groups in total. The molecule has 0 radical (unpaired) electrons. The van der Waals surface area contributed by atoms with Gasteiger partial charge in [-0.2, -0.15) is 0 Å². The van der Waals surface area contributed by atoms with Gasteiger partial charge in [-0.25, -0.2) is 0 Å². The van der Waals surface area contributed by atoms with Crippen molar-refractivity contribution < 1.29 is 9.47 Å². The highest BCUT2D eigenvalue weighted by Crippen LogP contribution is 2.32. The highest BCUT2D eigenvalue weighted by Gasteiger charge is 2.13. The van der Waals surface area contributed by atoms with Crippen molar-refractivity contribution in [3.8, 4) is 11.5 Å². The number of fused-ring (bicyclic) bond motifs is 1. The molecular formula is C13H19NO2. The van der Waals surface area contributed by atoms with Gasteiger partial charge in [0.05, 0.1) is 0 Å². The molecule has 2 rings (SSSR count). The van der Waals surface area contributed by atoms with Crippen molar-refractivity contribution >= 4 is 5.69 Å². The number of hydrogen-bond acceptors (Lipinski definition) is 3. The van der Waals surface area contributed by atoms with Crippen LogP contribution in [0.1, 0.15) is 20.8 Å². The van der Waals surface area contributed by atoms with Gasteiger partial charge in [-0.15, -0.1) is 0 Å². The Morgan fingerprint density at radius 1 is 1.12 bits per heavy atom. The van der Waals surface area contributed by atoms with Gasteiger partial charge >= 0.3 is 0 Å². The van der Waals surface area contributed by atoms with Crippen LogP contribution in [0.3, 0.4) is 0 Å². The average Bonchev–Trinajstić information content (AvgIpc) is 2.25. The zero-order valence-electron chi connectivity index (χ0n) is 10.2. The van der Waals surface area contributed by atoms with E-state index in [-0.39, 0.29) is 5.41 Å². The largest absolute Gasteiger partial charge is 0.486 e. The molecule has 88 valence electrons. The van der Waals surface area contributed by atoms with Gasteiger partial charge in [0.25, 0.3) is 0 Å². The Balaban J connectivity index is 2.06. The molecule has 0 amide bonds. The third-order valence-electron chi connectivity index (χ3n) is 2.37. The fourth-order valence-corrected chi connectivity index (χ4v) is 1.52. The molecule has 0 bridgehead atoms. The molecular weight excluding hydrogens is 202 g/mol. The quantitative estimate of drug-likeness (QED) is 0.833. The van der Waals surface area contributed by atoms with Crippen LogP contribution in [0.25, 0.3) is 0 Å². The molecule has 16 heavy (non-hydrogen) atoms. The third-order valence-corrected chi connectivity index (χ3v) is 2.37. The van der Waals surface area contributed by atoms with Crippen LogP contribution in [0.4, 0.5) is 5.69 Å². The topological polar surface area (TPSA) is 30.5 Å². The number of hydrogen-bond donors (Lipinski definition) is 1. The smallest absolute Gasteiger partial charge is 0.163 e. The maximum Gasteiger partial charge on any atom is 0.163 e. The van der Waals surface area contributed by atoms with Gasteiger partial charge in [-0.1, -0.05) is 20.8 Å². The van der Waals surface area contributed by atoms with Crippen LogP contribution in [0.2, 0.25) is 0 Å². The van der Waals surface area contributed by atoms with Crippen LogP contribution in [-0.4, -0.2) is 19.8 Å². The summed E-state index contributed by atoms with van der Waals surface area (Å²) in [6.45, 7) is 8.83. The van der Waals surface area contributed by atoms with E-state index in [2.05, 4.69) is 26.1 Å². The van der Waals surface area contributed by atoms with Crippen molar-refractivity contribution in [1.82, 2.24) is 0 Å². The van der Waals surface area contributed by atoms with Crippen molar-refractivity contribution in [2.24, 2.45) is 5.41 Å². The van der Waals surface area contributed by atoms with Crippen molar-refractivity contribution in [1.29, 1.82) is 0 Å². The lowest BCUT2D eigenvalue weighted by molar-refractivity contribution is 0.171. The van der Waals surface area contributed by atoms with Crippen LogP contribution in [0, 0.1) is 5.41 Å². The van der Waals surface area contributed by atoms with Gasteiger partial charge in [-0.3, -0.25) is 0 Å². The van der Waals surface area contributed by atoms with Crippen molar-refractivity contribution in [3.63, 3.8) is 0 Å². The van der Waals surface area contributed by atoms with E-state index >= 15 is 0 Å². The first-order valence-corrected chi connectivity index (χ1v) is 5.68. The highest BCUT2D eigenvalue weighted by atomic mass is 16.6. The van der Waals surface area contributed by atoms with Crippen LogP contribution >= 0.6 is 0 Å². The van der Waals surface area contributed by atoms with E-state index in [0.717, 1.165) is 23.7 Å². The number of nitrogens with one attached hydrogen (secondary N) is 1. The minimum absolute atomic E-state index is 0.271. The summed E-state index contributed by atoms with van der Waals surface area (Å²) >= 11 is 0. The van der Waals surface area contributed by atoms with E-state index in [4.69, 9.17) is 9.47 Å². The minimum atomic E-state index is 0.271. The molecule has 0 spiro atoms. The minimum Gasteiger partial charge on any atom is -0.486 e. The van der Waals surface area contributed by atoms with Crippen molar-refractivity contribution in [2.45, 2.75) is 20.8 Å². The predicted molar refractivity (Wildman–Crippen MR) is 65.4 cm³/mol. The molecule has 1 aromatic rings. The van der Waals surface area contributed by atoms with Crippen LogP contribution in [0.5, 0.6) is 11.5 Å². The lowest BCUT2D eigenvalue weighted by Crippen LogP contribution is -2.19. The van der Waals surface area contributed by atoms with Crippen LogP contribution in [0.15, 0.2) is 18.2 Å². The fraction of sp³-hybridized carbons (Fsp3) is 0.538. The summed E-state index contributed by atoms with van der Waals surface area (Å²) < 4.78 is 11.0. The van der Waals surface area contributed by atoms with E-state index < -0.39 is 0 Å². The summed E-state index contributed by atoms with van der Waals surface area (Å²) in [6, 6.07) is 5.99. The Labute approximate surface area is 96.8 Å². The van der Waals surface area contributed by atoms with Gasteiger partial charge < -0.3 is 14.8 Å². The Morgan fingerprint density at radius 3 is 2.50 bits per heavy atom. The Bertz CT molecular complexity index is 369. The van der Waals surface area contributed by atoms with Gasteiger partial charge in [0.15, 0.2) is 11.5 Å². The summed E-state index contributed by atoms with van der Waals surface area (Å²) in [5, 5.41) is 3.40. The van der Waals surface area contributed by atoms with Gasteiger partial charge in [0.2, 0.25) is 0 Å². The molecule has 3 nitrogen and oxygen atoms in total. The van der Waals surface area contributed by atoms with E-state index in [1.54, 1.807) is 0 Å². The molecule has 0 fully saturated rings. The molecule has 3 heteroatoms. The molecule has 0 unspecified atom stereocenters. The molecule has 0 atom stereocenters. The first-order valence-electron chi connectivity index (χ1n) is 5.68. The monoisotopic (exact) mass is 221 g/mol. The van der Waals surface area contributed by atoms with Gasteiger partial charge in [0, 0.05) is 18.3 Å². The summed E-state index contributed by atoms with van der Waals surface area (Å²) in [5.74, 6) is 1.68. The average molecular weight is 221 g/mol. The van der Waals surface area contributed by atoms with Crippen molar-refractivity contribution in [2.75, 3.05) is 25.1 Å². The molecule has 0 saturated heterocycles. The van der Waals surface area contributed by atoms with Gasteiger partial charge in [0.1, 0.15) is 13.2 Å². The molecule has 0 aromatic heterocycles. The highest BCUT2D eigenvalue weighted by molar-refractivity contribution is 5.55. The summed E-state index contributed by atoms with van der Waals surface area (Å²) in [4.78, 5) is 0. The Kier molecular flexibility index (Phi) is 2.95. The summed E-state index contributed by atoms with van der Waals surface area (Å²) in [7, 11) is 0. The van der Waals surface area contributed by atoms with E-state index in [0.29, 0.717) is 13.2 Å². The SMILES string of the molecule is CC(C)(C)CNc1ccc2c(c1)OCCO2. The zero-order valence-corrected chi connectivity index (χ0v) is 10.2. The lowest BCUT2D eigenvalue weighted by atomic mass is 9.97. The molecule has 1 heterocycles. The number of ether oxygens (including phenoxy) is 2. The maximum atomic E-state index is 5.53. The Hall–Kier alpha value is -1.38. The standard InChI is InChI=1S/C13H19NO2/c1-13(2,3)9-14-10-4-5-11-12(8-10)16-7-6-15-11/h4-5,8,14H,6-7,9H2,1-3H3. The second-order valence-electron chi connectivity index (χ2n) is 5.27. The summed E-state index contributed by atoms with van der Waals surface area (Å²) in [5.41, 5.74) is 1.35. The fourth-order valence-electron chi connectivity index (χ4n) is 1.52. The predicted octanol–water partition coefficient (Wildman–Crippen LogP) is 2.92. The second-order valence-corrected chi connectivity index (χ2v) is 5.27. The van der Waals surface area contributed by atoms with Crippen LogP contribution in [-0.2, 0) is 0 Å². The van der Waals surface area contributed by atoms with E-state index in [1.165, 1.54) is 0 Å². The van der Waals surface area contributed by atoms with Crippen molar-refractivity contribution in [3.05, 3.63) is 18.2 Å². The number of benzene rings is 1. The van der Waals surface area contributed by atoms with Crippen LogP contribution < -0.4 is 14.8 Å². The first-order chi connectivity index (χ1) is 7.54. The molecule has 1 aliphatic rings.